The Morgan fingerprint density at radius 1 is 1.16 bits per heavy atom. The fraction of sp³-hybridized carbons (Fsp3) is 0.250. The van der Waals surface area contributed by atoms with E-state index >= 15 is 0 Å². The first-order valence-electron chi connectivity index (χ1n) is 8.13. The predicted molar refractivity (Wildman–Crippen MR) is 98.4 cm³/mol. The number of amides is 1. The SMILES string of the molecule is C=CCN(C(=O)CN(C)CCOc1ccc(F)cc1)c1ccccc1. The van der Waals surface area contributed by atoms with Gasteiger partial charge in [0.2, 0.25) is 5.91 Å². The first-order valence-corrected chi connectivity index (χ1v) is 8.13. The van der Waals surface area contributed by atoms with E-state index in [1.807, 2.05) is 42.3 Å². The minimum absolute atomic E-state index is 0.00428. The summed E-state index contributed by atoms with van der Waals surface area (Å²) in [5, 5.41) is 0. The summed E-state index contributed by atoms with van der Waals surface area (Å²) < 4.78 is 18.4. The van der Waals surface area contributed by atoms with Crippen molar-refractivity contribution in [2.45, 2.75) is 0 Å². The van der Waals surface area contributed by atoms with Gasteiger partial charge in [-0.1, -0.05) is 24.3 Å². The maximum Gasteiger partial charge on any atom is 0.241 e. The van der Waals surface area contributed by atoms with Crippen molar-refractivity contribution < 1.29 is 13.9 Å². The monoisotopic (exact) mass is 342 g/mol. The summed E-state index contributed by atoms with van der Waals surface area (Å²) in [6, 6.07) is 15.4. The first-order chi connectivity index (χ1) is 12.1. The second-order valence-electron chi connectivity index (χ2n) is 5.67. The van der Waals surface area contributed by atoms with Gasteiger partial charge in [0, 0.05) is 18.8 Å². The Morgan fingerprint density at radius 2 is 1.84 bits per heavy atom. The van der Waals surface area contributed by atoms with Crippen molar-refractivity contribution in [1.82, 2.24) is 4.90 Å². The number of hydrogen-bond donors (Lipinski definition) is 0. The Kier molecular flexibility index (Phi) is 7.16. The summed E-state index contributed by atoms with van der Waals surface area (Å²) in [4.78, 5) is 16.2. The number of anilines is 1. The molecule has 2 aromatic carbocycles. The third kappa shape index (κ3) is 6.04. The van der Waals surface area contributed by atoms with Gasteiger partial charge in [0.1, 0.15) is 18.2 Å². The zero-order valence-corrected chi connectivity index (χ0v) is 14.4. The molecule has 0 spiro atoms. The van der Waals surface area contributed by atoms with Crippen molar-refractivity contribution >= 4 is 11.6 Å². The van der Waals surface area contributed by atoms with E-state index < -0.39 is 0 Å². The van der Waals surface area contributed by atoms with Crippen molar-refractivity contribution in [3.8, 4) is 5.75 Å². The second kappa shape index (κ2) is 9.59. The van der Waals surface area contributed by atoms with Crippen LogP contribution < -0.4 is 9.64 Å². The quantitative estimate of drug-likeness (QED) is 0.655. The van der Waals surface area contributed by atoms with Crippen LogP contribution in [0.1, 0.15) is 0 Å². The Bertz CT molecular complexity index is 674. The molecule has 5 heteroatoms. The van der Waals surface area contributed by atoms with Gasteiger partial charge in [0.25, 0.3) is 0 Å². The maximum atomic E-state index is 12.8. The van der Waals surface area contributed by atoms with Crippen LogP contribution in [0.25, 0.3) is 0 Å². The highest BCUT2D eigenvalue weighted by Crippen LogP contribution is 2.14. The van der Waals surface area contributed by atoms with E-state index in [-0.39, 0.29) is 18.3 Å². The van der Waals surface area contributed by atoms with E-state index in [0.717, 1.165) is 5.69 Å². The molecule has 0 unspecified atom stereocenters. The number of likely N-dealkylation sites (N-methyl/N-ethyl adjacent to an activating group) is 1. The number of carbonyl (C=O) groups excluding carboxylic acids is 1. The smallest absolute Gasteiger partial charge is 0.241 e. The van der Waals surface area contributed by atoms with Crippen molar-refractivity contribution in [2.24, 2.45) is 0 Å². The number of rotatable bonds is 9. The molecule has 0 fully saturated rings. The third-order valence-electron chi connectivity index (χ3n) is 3.64. The number of hydrogen-bond acceptors (Lipinski definition) is 3. The lowest BCUT2D eigenvalue weighted by atomic mass is 10.2. The van der Waals surface area contributed by atoms with Crippen LogP contribution in [0, 0.1) is 5.82 Å². The summed E-state index contributed by atoms with van der Waals surface area (Å²) >= 11 is 0. The summed E-state index contributed by atoms with van der Waals surface area (Å²) in [6.07, 6.45) is 1.71. The summed E-state index contributed by atoms with van der Waals surface area (Å²) in [5.41, 5.74) is 0.850. The van der Waals surface area contributed by atoms with E-state index in [1.165, 1.54) is 12.1 Å². The highest BCUT2D eigenvalue weighted by Gasteiger charge is 2.16. The number of ether oxygens (including phenoxy) is 1. The van der Waals surface area contributed by atoms with E-state index in [9.17, 15) is 9.18 Å². The molecule has 0 N–H and O–H groups in total. The zero-order valence-electron chi connectivity index (χ0n) is 14.4. The van der Waals surface area contributed by atoms with E-state index in [2.05, 4.69) is 6.58 Å². The van der Waals surface area contributed by atoms with Crippen LogP contribution in [0.2, 0.25) is 0 Å². The Labute approximate surface area is 148 Å². The van der Waals surface area contributed by atoms with Crippen LogP contribution >= 0.6 is 0 Å². The van der Waals surface area contributed by atoms with E-state index in [1.54, 1.807) is 23.1 Å². The minimum atomic E-state index is -0.293. The van der Waals surface area contributed by atoms with Crippen LogP contribution in [0.4, 0.5) is 10.1 Å². The molecule has 0 saturated carbocycles. The van der Waals surface area contributed by atoms with Crippen LogP contribution in [-0.2, 0) is 4.79 Å². The molecule has 4 nitrogen and oxygen atoms in total. The Morgan fingerprint density at radius 3 is 2.48 bits per heavy atom. The molecule has 2 rings (SSSR count). The molecule has 0 atom stereocenters. The Hall–Kier alpha value is -2.66. The van der Waals surface area contributed by atoms with Gasteiger partial charge in [-0.05, 0) is 43.4 Å². The molecule has 2 aromatic rings. The molecule has 0 aliphatic carbocycles. The van der Waals surface area contributed by atoms with Gasteiger partial charge < -0.3 is 9.64 Å². The van der Waals surface area contributed by atoms with Crippen molar-refractivity contribution in [2.75, 3.05) is 38.2 Å². The average molecular weight is 342 g/mol. The molecule has 0 radical (unpaired) electrons. The molecule has 0 aliphatic rings. The molecule has 0 saturated heterocycles. The molecule has 0 aliphatic heterocycles. The van der Waals surface area contributed by atoms with Crippen LogP contribution in [0.3, 0.4) is 0 Å². The third-order valence-corrected chi connectivity index (χ3v) is 3.64. The molecule has 132 valence electrons. The van der Waals surface area contributed by atoms with Gasteiger partial charge in [-0.2, -0.15) is 0 Å². The van der Waals surface area contributed by atoms with Gasteiger partial charge >= 0.3 is 0 Å². The molecule has 1 amide bonds. The predicted octanol–water partition coefficient (Wildman–Crippen LogP) is 3.36. The summed E-state index contributed by atoms with van der Waals surface area (Å²) in [7, 11) is 1.86. The molecular weight excluding hydrogens is 319 g/mol. The van der Waals surface area contributed by atoms with Gasteiger partial charge in [-0.15, -0.1) is 6.58 Å². The molecular formula is C20H23FN2O2. The van der Waals surface area contributed by atoms with E-state index in [0.29, 0.717) is 25.4 Å². The van der Waals surface area contributed by atoms with Gasteiger partial charge in [0.05, 0.1) is 6.54 Å². The fourth-order valence-electron chi connectivity index (χ4n) is 2.33. The minimum Gasteiger partial charge on any atom is -0.492 e. The first kappa shape index (κ1) is 18.7. The number of benzene rings is 2. The average Bonchev–Trinajstić information content (AvgIpc) is 2.62. The van der Waals surface area contributed by atoms with E-state index in [4.69, 9.17) is 4.74 Å². The van der Waals surface area contributed by atoms with Crippen LogP contribution in [-0.4, -0.2) is 44.1 Å². The number of halogens is 1. The lowest BCUT2D eigenvalue weighted by Crippen LogP contribution is -2.40. The fourth-order valence-corrected chi connectivity index (χ4v) is 2.33. The normalized spacial score (nSPS) is 10.5. The lowest BCUT2D eigenvalue weighted by Gasteiger charge is -2.24. The molecule has 25 heavy (non-hydrogen) atoms. The summed E-state index contributed by atoms with van der Waals surface area (Å²) in [6.45, 7) is 5.46. The molecule has 0 bridgehead atoms. The number of nitrogens with zero attached hydrogens (tertiary/aromatic N) is 2. The van der Waals surface area contributed by atoms with Gasteiger partial charge in [-0.25, -0.2) is 4.39 Å². The number of carbonyl (C=O) groups is 1. The zero-order chi connectivity index (χ0) is 18.1. The van der Waals surface area contributed by atoms with Gasteiger partial charge in [0.15, 0.2) is 0 Å². The van der Waals surface area contributed by atoms with Crippen LogP contribution in [0.5, 0.6) is 5.75 Å². The lowest BCUT2D eigenvalue weighted by molar-refractivity contribution is -0.119. The molecule has 0 heterocycles. The standard InChI is InChI=1S/C20H23FN2O2/c1-3-13-23(18-7-5-4-6-8-18)20(24)16-22(2)14-15-25-19-11-9-17(21)10-12-19/h3-12H,1,13-16H2,2H3. The van der Waals surface area contributed by atoms with Crippen molar-refractivity contribution in [3.05, 3.63) is 73.1 Å². The number of para-hydroxylation sites is 1. The summed E-state index contributed by atoms with van der Waals surface area (Å²) in [5.74, 6) is 0.312. The molecule has 0 aromatic heterocycles. The van der Waals surface area contributed by atoms with Crippen LogP contribution in [0.15, 0.2) is 67.3 Å². The highest BCUT2D eigenvalue weighted by atomic mass is 19.1. The highest BCUT2D eigenvalue weighted by molar-refractivity contribution is 5.95. The van der Waals surface area contributed by atoms with Crippen molar-refractivity contribution in [1.29, 1.82) is 0 Å². The second-order valence-corrected chi connectivity index (χ2v) is 5.67. The van der Waals surface area contributed by atoms with Gasteiger partial charge in [-0.3, -0.25) is 9.69 Å². The van der Waals surface area contributed by atoms with Crippen molar-refractivity contribution in [3.63, 3.8) is 0 Å². The Balaban J connectivity index is 1.83. The largest absolute Gasteiger partial charge is 0.492 e. The maximum absolute atomic E-state index is 12.8. The topological polar surface area (TPSA) is 32.8 Å².